The molecule has 0 saturated heterocycles. The van der Waals surface area contributed by atoms with Crippen LogP contribution in [0.5, 0.6) is 0 Å². The summed E-state index contributed by atoms with van der Waals surface area (Å²) in [7, 11) is 8.03. The summed E-state index contributed by atoms with van der Waals surface area (Å²) in [6.07, 6.45) is 11.5. The number of methoxy groups -OCH3 is 1. The minimum atomic E-state index is -0.139. The van der Waals surface area contributed by atoms with Crippen LogP contribution in [-0.2, 0) is 4.74 Å². The topological polar surface area (TPSA) is 40.4 Å². The van der Waals surface area contributed by atoms with Gasteiger partial charge in [0.25, 0.3) is 0 Å². The normalized spacial score (nSPS) is 34.6. The molecule has 0 N–H and O–H groups in total. The lowest BCUT2D eigenvalue weighted by Crippen LogP contribution is -2.52. The molecule has 0 radical (unpaired) electrons. The fourth-order valence-electron chi connectivity index (χ4n) is 4.04. The summed E-state index contributed by atoms with van der Waals surface area (Å²) in [4.78, 5) is 14.3. The molecule has 4 unspecified atom stereocenters. The molecule has 1 heterocycles. The number of allylic oxidation sites excluding steroid dienone is 2. The fourth-order valence-corrected chi connectivity index (χ4v) is 4.04. The van der Waals surface area contributed by atoms with Gasteiger partial charge in [0.2, 0.25) is 5.96 Å². The Balaban J connectivity index is 1.94. The van der Waals surface area contributed by atoms with Crippen molar-refractivity contribution in [3.8, 4) is 0 Å². The number of fused-ring (bicyclic) bond motifs is 1. The van der Waals surface area contributed by atoms with E-state index in [-0.39, 0.29) is 11.6 Å². The molecule has 0 fully saturated rings. The molecule has 3 aliphatic rings. The molecule has 3 rings (SSSR count). The van der Waals surface area contributed by atoms with Gasteiger partial charge < -0.3 is 14.5 Å². The van der Waals surface area contributed by atoms with E-state index in [9.17, 15) is 0 Å². The first-order chi connectivity index (χ1) is 11.8. The third-order valence-electron chi connectivity index (χ3n) is 5.81. The van der Waals surface area contributed by atoms with Gasteiger partial charge in [-0.3, -0.25) is 0 Å². The third kappa shape index (κ3) is 3.39. The van der Waals surface area contributed by atoms with Crippen LogP contribution in [0.2, 0.25) is 0 Å². The van der Waals surface area contributed by atoms with Crippen molar-refractivity contribution in [3.63, 3.8) is 0 Å². The van der Waals surface area contributed by atoms with Crippen molar-refractivity contribution < 1.29 is 4.74 Å². The van der Waals surface area contributed by atoms with E-state index in [0.717, 1.165) is 31.6 Å². The maximum atomic E-state index is 5.50. The molecular weight excluding hydrogens is 312 g/mol. The molecule has 0 aromatic heterocycles. The predicted octanol–water partition coefficient (Wildman–Crippen LogP) is 3.30. The minimum Gasteiger partial charge on any atom is -0.381 e. The highest BCUT2D eigenvalue weighted by atomic mass is 16.5. The summed E-state index contributed by atoms with van der Waals surface area (Å²) in [5.74, 6) is 1.37. The average Bonchev–Trinajstić information content (AvgIpc) is 2.60. The lowest BCUT2D eigenvalue weighted by atomic mass is 9.72. The van der Waals surface area contributed by atoms with Crippen LogP contribution in [0.3, 0.4) is 0 Å². The number of guanidine groups is 1. The molecule has 5 nitrogen and oxygen atoms in total. The summed E-state index contributed by atoms with van der Waals surface area (Å²) in [5, 5.41) is 0. The van der Waals surface area contributed by atoms with Crippen LogP contribution in [0.1, 0.15) is 39.5 Å². The number of hydrogen-bond acceptors (Lipinski definition) is 5. The van der Waals surface area contributed by atoms with Crippen molar-refractivity contribution in [1.82, 2.24) is 9.80 Å². The van der Waals surface area contributed by atoms with Crippen molar-refractivity contribution >= 4 is 11.7 Å². The first kappa shape index (κ1) is 18.2. The number of aliphatic imine (C=N–C) groups is 2. The van der Waals surface area contributed by atoms with Gasteiger partial charge >= 0.3 is 0 Å². The minimum absolute atomic E-state index is 0.0477. The van der Waals surface area contributed by atoms with Gasteiger partial charge in [0.05, 0.1) is 11.5 Å². The first-order valence-electron chi connectivity index (χ1n) is 9.32. The molecule has 0 spiro atoms. The summed E-state index contributed by atoms with van der Waals surface area (Å²) in [5.41, 5.74) is 2.48. The van der Waals surface area contributed by atoms with Crippen LogP contribution in [0.15, 0.2) is 33.9 Å². The smallest absolute Gasteiger partial charge is 0.222 e. The number of nitrogens with zero attached hydrogens (tertiary/aromatic N) is 4. The van der Waals surface area contributed by atoms with E-state index in [1.807, 2.05) is 19.0 Å². The van der Waals surface area contributed by atoms with E-state index >= 15 is 0 Å². The van der Waals surface area contributed by atoms with Crippen molar-refractivity contribution in [3.05, 3.63) is 23.9 Å². The molecule has 0 amide bonds. The summed E-state index contributed by atoms with van der Waals surface area (Å²) >= 11 is 0. The van der Waals surface area contributed by atoms with Crippen LogP contribution in [0.4, 0.5) is 0 Å². The van der Waals surface area contributed by atoms with Crippen molar-refractivity contribution in [1.29, 1.82) is 0 Å². The third-order valence-corrected chi connectivity index (χ3v) is 5.81. The van der Waals surface area contributed by atoms with Gasteiger partial charge in [-0.2, -0.15) is 0 Å². The largest absolute Gasteiger partial charge is 0.381 e. The van der Waals surface area contributed by atoms with Gasteiger partial charge in [-0.15, -0.1) is 0 Å². The number of hydrogen-bond donors (Lipinski definition) is 0. The molecular formula is C20H32N4O. The van der Waals surface area contributed by atoms with E-state index < -0.39 is 0 Å². The molecule has 0 aromatic rings. The Kier molecular flexibility index (Phi) is 5.05. The molecule has 4 atom stereocenters. The van der Waals surface area contributed by atoms with Crippen LogP contribution >= 0.6 is 0 Å². The second kappa shape index (κ2) is 6.94. The van der Waals surface area contributed by atoms with E-state index in [1.165, 1.54) is 11.4 Å². The number of rotatable bonds is 3. The molecule has 1 aliphatic heterocycles. The lowest BCUT2D eigenvalue weighted by Gasteiger charge is -2.46. The zero-order valence-corrected chi connectivity index (χ0v) is 16.5. The molecule has 25 heavy (non-hydrogen) atoms. The van der Waals surface area contributed by atoms with Gasteiger partial charge in [0, 0.05) is 39.7 Å². The molecule has 0 bridgehead atoms. The Morgan fingerprint density at radius 1 is 1.28 bits per heavy atom. The van der Waals surface area contributed by atoms with Crippen molar-refractivity contribution in [2.75, 3.05) is 28.3 Å². The maximum absolute atomic E-state index is 5.50. The SMILES string of the molecule is COC1CC=C(N(C)C2N=C(N(C)C)N=C3CC(C)C=CC32C)CC1. The molecule has 138 valence electrons. The summed E-state index contributed by atoms with van der Waals surface area (Å²) < 4.78 is 5.50. The predicted molar refractivity (Wildman–Crippen MR) is 104 cm³/mol. The highest BCUT2D eigenvalue weighted by Gasteiger charge is 2.45. The quantitative estimate of drug-likeness (QED) is 0.738. The second-order valence-corrected chi connectivity index (χ2v) is 8.02. The highest BCUT2D eigenvalue weighted by molar-refractivity contribution is 6.04. The van der Waals surface area contributed by atoms with Crippen molar-refractivity contribution in [2.24, 2.45) is 21.3 Å². The van der Waals surface area contributed by atoms with E-state index in [0.29, 0.717) is 12.0 Å². The van der Waals surface area contributed by atoms with E-state index in [2.05, 4.69) is 44.0 Å². The van der Waals surface area contributed by atoms with Crippen molar-refractivity contribution in [2.45, 2.75) is 51.8 Å². The summed E-state index contributed by atoms with van der Waals surface area (Å²) in [6, 6.07) is 0. The molecule has 2 aliphatic carbocycles. The Bertz CT molecular complexity index is 634. The molecule has 0 saturated carbocycles. The fraction of sp³-hybridized carbons (Fsp3) is 0.700. The average molecular weight is 345 g/mol. The molecule has 0 aromatic carbocycles. The van der Waals surface area contributed by atoms with Gasteiger partial charge in [-0.05, 0) is 38.5 Å². The standard InChI is InChI=1S/C20H32N4O/c1-14-11-12-20(2)17(13-14)21-19(23(3)4)22-18(20)24(5)15-7-9-16(25-6)10-8-15/h7,11-12,14,16,18H,8-10,13H2,1-6H3. The Morgan fingerprint density at radius 2 is 2.04 bits per heavy atom. The monoisotopic (exact) mass is 344 g/mol. The Hall–Kier alpha value is -1.62. The van der Waals surface area contributed by atoms with Gasteiger partial charge in [-0.1, -0.05) is 25.2 Å². The zero-order chi connectivity index (χ0) is 18.2. The van der Waals surface area contributed by atoms with Gasteiger partial charge in [0.1, 0.15) is 6.17 Å². The van der Waals surface area contributed by atoms with Gasteiger partial charge in [0.15, 0.2) is 0 Å². The van der Waals surface area contributed by atoms with Crippen LogP contribution in [0.25, 0.3) is 0 Å². The van der Waals surface area contributed by atoms with Crippen LogP contribution in [0, 0.1) is 11.3 Å². The Morgan fingerprint density at radius 3 is 2.64 bits per heavy atom. The lowest BCUT2D eigenvalue weighted by molar-refractivity contribution is 0.0873. The van der Waals surface area contributed by atoms with Crippen LogP contribution in [-0.4, -0.2) is 62.0 Å². The van der Waals surface area contributed by atoms with Gasteiger partial charge in [-0.25, -0.2) is 9.98 Å². The summed E-state index contributed by atoms with van der Waals surface area (Å²) in [6.45, 7) is 4.54. The second-order valence-electron chi connectivity index (χ2n) is 8.02. The zero-order valence-electron chi connectivity index (χ0n) is 16.5. The maximum Gasteiger partial charge on any atom is 0.222 e. The van der Waals surface area contributed by atoms with E-state index in [4.69, 9.17) is 14.7 Å². The first-order valence-corrected chi connectivity index (χ1v) is 9.32. The number of ether oxygens (including phenoxy) is 1. The Labute approximate surface area is 152 Å². The van der Waals surface area contributed by atoms with E-state index in [1.54, 1.807) is 7.11 Å². The highest BCUT2D eigenvalue weighted by Crippen LogP contribution is 2.41. The van der Waals surface area contributed by atoms with Crippen LogP contribution < -0.4 is 0 Å². The molecule has 5 heteroatoms.